The summed E-state index contributed by atoms with van der Waals surface area (Å²) >= 11 is 1.47. The van der Waals surface area contributed by atoms with Gasteiger partial charge >= 0.3 is 18.3 Å². The van der Waals surface area contributed by atoms with Gasteiger partial charge in [0.1, 0.15) is 0 Å². The van der Waals surface area contributed by atoms with E-state index in [-0.39, 0.29) is 0 Å². The third kappa shape index (κ3) is 1.83. The molecule has 1 atom stereocenters. The van der Waals surface area contributed by atoms with Crippen LogP contribution < -0.4 is 0 Å². The second-order valence-electron chi connectivity index (χ2n) is 1.85. The van der Waals surface area contributed by atoms with Gasteiger partial charge in [0.2, 0.25) is 5.08 Å². The van der Waals surface area contributed by atoms with Gasteiger partial charge in [0.25, 0.3) is 0 Å². The van der Waals surface area contributed by atoms with Gasteiger partial charge < -0.3 is 0 Å². The van der Waals surface area contributed by atoms with Crippen LogP contribution in [0.4, 0.5) is 30.7 Å². The van der Waals surface area contributed by atoms with Crippen LogP contribution in [-0.4, -0.2) is 23.4 Å². The Hall–Kier alpha value is -0.0100. The van der Waals surface area contributed by atoms with Gasteiger partial charge in [0.05, 0.1) is 0 Å². The van der Waals surface area contributed by atoms with E-state index in [1.807, 2.05) is 0 Å². The highest BCUT2D eigenvalue weighted by Crippen LogP contribution is 2.44. The molecule has 1 unspecified atom stereocenters. The van der Waals surface area contributed by atoms with E-state index >= 15 is 0 Å². The summed E-state index contributed by atoms with van der Waals surface area (Å²) in [6.45, 7) is 0. The second-order valence-corrected chi connectivity index (χ2v) is 2.65. The minimum absolute atomic E-state index is 1.47. The van der Waals surface area contributed by atoms with Gasteiger partial charge in [-0.2, -0.15) is 17.6 Å². The van der Waals surface area contributed by atoms with Crippen molar-refractivity contribution in [2.45, 2.75) is 23.4 Å². The number of rotatable bonds is 3. The highest BCUT2D eigenvalue weighted by molar-refractivity contribution is 9.09. The Morgan fingerprint density at radius 1 is 0.833 bits per heavy atom. The Morgan fingerprint density at radius 2 is 1.17 bits per heavy atom. The highest BCUT2D eigenvalue weighted by Gasteiger charge is 2.66. The fourth-order valence-electron chi connectivity index (χ4n) is 0.291. The van der Waals surface area contributed by atoms with Crippen LogP contribution >= 0.6 is 15.9 Å². The molecule has 0 heterocycles. The van der Waals surface area contributed by atoms with Gasteiger partial charge in [-0.05, 0) is 15.9 Å². The van der Waals surface area contributed by atoms with Crippen LogP contribution in [0.2, 0.25) is 0 Å². The molecule has 0 aromatic rings. The fourth-order valence-corrected chi connectivity index (χ4v) is 0.596. The van der Waals surface area contributed by atoms with Crippen LogP contribution in [-0.2, 0) is 0 Å². The molecule has 0 radical (unpaired) electrons. The number of hydrogen-bond donors (Lipinski definition) is 0. The molecule has 8 heteroatoms. The molecule has 0 aromatic heterocycles. The third-order valence-corrected chi connectivity index (χ3v) is 1.57. The standard InChI is InChI=1S/C4H2BrF7/c5-1(6)3(9,10)4(11,12)2(7)8/h1-2H. The van der Waals surface area contributed by atoms with E-state index in [2.05, 4.69) is 0 Å². The average molecular weight is 263 g/mol. The van der Waals surface area contributed by atoms with Gasteiger partial charge in [-0.3, -0.25) is 0 Å². The van der Waals surface area contributed by atoms with Crippen LogP contribution in [0, 0.1) is 0 Å². The Bertz CT molecular complexity index is 135. The smallest absolute Gasteiger partial charge is 0.228 e. The molecule has 0 aliphatic carbocycles. The van der Waals surface area contributed by atoms with Crippen molar-refractivity contribution < 1.29 is 30.7 Å². The van der Waals surface area contributed by atoms with Crippen LogP contribution in [0.3, 0.4) is 0 Å². The predicted molar refractivity (Wildman–Crippen MR) is 29.7 cm³/mol. The first kappa shape index (κ1) is 12.0. The molecule has 0 aliphatic heterocycles. The molecule has 0 rings (SSSR count). The largest absolute Gasteiger partial charge is 0.373 e. The zero-order valence-electron chi connectivity index (χ0n) is 5.18. The second kappa shape index (κ2) is 3.39. The monoisotopic (exact) mass is 262 g/mol. The summed E-state index contributed by atoms with van der Waals surface area (Å²) in [5.41, 5.74) is 0. The van der Waals surface area contributed by atoms with Crippen molar-refractivity contribution in [3.05, 3.63) is 0 Å². The molecule has 0 fully saturated rings. The molecule has 0 aliphatic rings. The molecule has 0 N–H and O–H groups in total. The molecule has 0 aromatic carbocycles. The van der Waals surface area contributed by atoms with Crippen molar-refractivity contribution in [1.82, 2.24) is 0 Å². The maximum Gasteiger partial charge on any atom is 0.373 e. The van der Waals surface area contributed by atoms with Crippen molar-refractivity contribution in [3.63, 3.8) is 0 Å². The molecule has 0 amide bonds. The van der Waals surface area contributed by atoms with Gasteiger partial charge in [-0.1, -0.05) is 0 Å². The van der Waals surface area contributed by atoms with E-state index in [4.69, 9.17) is 0 Å². The van der Waals surface area contributed by atoms with E-state index in [1.54, 1.807) is 0 Å². The summed E-state index contributed by atoms with van der Waals surface area (Å²) < 4.78 is 81.6. The summed E-state index contributed by atoms with van der Waals surface area (Å²) in [6.07, 6.45) is -4.61. The van der Waals surface area contributed by atoms with Crippen LogP contribution in [0.25, 0.3) is 0 Å². The molecule has 0 nitrogen and oxygen atoms in total. The fraction of sp³-hybridized carbons (Fsp3) is 1.00. The van der Waals surface area contributed by atoms with E-state index in [1.165, 1.54) is 15.9 Å². The number of halogens is 8. The predicted octanol–water partition coefficient (Wildman–Crippen LogP) is 3.21. The summed E-state index contributed by atoms with van der Waals surface area (Å²) in [5.74, 6) is -11.1. The lowest BCUT2D eigenvalue weighted by atomic mass is 10.2. The Morgan fingerprint density at radius 3 is 1.25 bits per heavy atom. The van der Waals surface area contributed by atoms with Gasteiger partial charge in [-0.15, -0.1) is 0 Å². The lowest BCUT2D eigenvalue weighted by Gasteiger charge is -2.25. The summed E-state index contributed by atoms with van der Waals surface area (Å²) in [5, 5.41) is -3.51. The normalized spacial score (nSPS) is 16.8. The Kier molecular flexibility index (Phi) is 3.39. The van der Waals surface area contributed by atoms with Gasteiger partial charge in [-0.25, -0.2) is 13.2 Å². The maximum atomic E-state index is 11.9. The first-order valence-corrected chi connectivity index (χ1v) is 3.37. The van der Waals surface area contributed by atoms with Gasteiger partial charge in [0.15, 0.2) is 0 Å². The maximum absolute atomic E-state index is 11.9. The molecular formula is C4H2BrF7. The highest BCUT2D eigenvalue weighted by atomic mass is 79.9. The topological polar surface area (TPSA) is 0 Å². The quantitative estimate of drug-likeness (QED) is 0.541. The molecule has 0 bridgehead atoms. The average Bonchev–Trinajstić information content (AvgIpc) is 1.86. The van der Waals surface area contributed by atoms with E-state index in [9.17, 15) is 30.7 Å². The van der Waals surface area contributed by atoms with E-state index < -0.39 is 23.4 Å². The molecular weight excluding hydrogens is 261 g/mol. The van der Waals surface area contributed by atoms with E-state index in [0.29, 0.717) is 0 Å². The SMILES string of the molecule is FC(F)C(F)(F)C(F)(F)C(F)Br. The molecule has 0 saturated carbocycles. The third-order valence-electron chi connectivity index (χ3n) is 0.993. The molecule has 12 heavy (non-hydrogen) atoms. The van der Waals surface area contributed by atoms with Crippen LogP contribution in [0.5, 0.6) is 0 Å². The first-order valence-electron chi connectivity index (χ1n) is 2.46. The van der Waals surface area contributed by atoms with Crippen molar-refractivity contribution in [2.24, 2.45) is 0 Å². The number of alkyl halides is 8. The summed E-state index contributed by atoms with van der Waals surface area (Å²) in [7, 11) is 0. The lowest BCUT2D eigenvalue weighted by Crippen LogP contribution is -2.50. The summed E-state index contributed by atoms with van der Waals surface area (Å²) in [6, 6.07) is 0. The molecule has 0 saturated heterocycles. The Labute approximate surface area is 70.9 Å². The van der Waals surface area contributed by atoms with Gasteiger partial charge in [0, 0.05) is 0 Å². The minimum atomic E-state index is -5.67. The molecule has 0 spiro atoms. The van der Waals surface area contributed by atoms with Crippen LogP contribution in [0.1, 0.15) is 0 Å². The zero-order chi connectivity index (χ0) is 10.2. The minimum Gasteiger partial charge on any atom is -0.228 e. The van der Waals surface area contributed by atoms with Crippen molar-refractivity contribution in [2.75, 3.05) is 0 Å². The zero-order valence-corrected chi connectivity index (χ0v) is 6.76. The summed E-state index contributed by atoms with van der Waals surface area (Å²) in [4.78, 5) is 0. The number of hydrogen-bond acceptors (Lipinski definition) is 0. The van der Waals surface area contributed by atoms with Crippen molar-refractivity contribution in [3.8, 4) is 0 Å². The first-order chi connectivity index (χ1) is 5.14. The molecule has 74 valence electrons. The Balaban J connectivity index is 4.75. The van der Waals surface area contributed by atoms with Crippen LogP contribution in [0.15, 0.2) is 0 Å². The van der Waals surface area contributed by atoms with Crippen molar-refractivity contribution >= 4 is 15.9 Å². The van der Waals surface area contributed by atoms with E-state index in [0.717, 1.165) is 0 Å². The van der Waals surface area contributed by atoms with Crippen molar-refractivity contribution in [1.29, 1.82) is 0 Å². The lowest BCUT2D eigenvalue weighted by molar-refractivity contribution is -0.272.